The predicted molar refractivity (Wildman–Crippen MR) is 82.6 cm³/mol. The molecule has 20 heavy (non-hydrogen) atoms. The van der Waals surface area contributed by atoms with Crippen molar-refractivity contribution in [2.75, 3.05) is 27.8 Å². The summed E-state index contributed by atoms with van der Waals surface area (Å²) in [6.07, 6.45) is 2.24. The van der Waals surface area contributed by atoms with Crippen molar-refractivity contribution in [3.8, 4) is 0 Å². The summed E-state index contributed by atoms with van der Waals surface area (Å²) in [5.41, 5.74) is 0.538. The lowest BCUT2D eigenvalue weighted by molar-refractivity contribution is -0.250. The van der Waals surface area contributed by atoms with Gasteiger partial charge in [0.1, 0.15) is 0 Å². The molecule has 0 aromatic carbocycles. The molecule has 0 amide bonds. The van der Waals surface area contributed by atoms with Crippen LogP contribution in [-0.4, -0.2) is 47.0 Å². The fourth-order valence-electron chi connectivity index (χ4n) is 1.29. The van der Waals surface area contributed by atoms with Gasteiger partial charge in [0.05, 0.1) is 12.7 Å². The molecule has 0 aliphatic carbocycles. The minimum absolute atomic E-state index is 0.158. The molecule has 118 valence electrons. The number of carbonyl (C=O) groups is 1. The molecule has 0 aliphatic rings. The van der Waals surface area contributed by atoms with E-state index in [1.807, 2.05) is 14.1 Å². The minimum Gasteiger partial charge on any atom is -0.416 e. The highest BCUT2D eigenvalue weighted by molar-refractivity contribution is 6.74. The van der Waals surface area contributed by atoms with Crippen molar-refractivity contribution in [2.45, 2.75) is 45.3 Å². The maximum absolute atomic E-state index is 11.7. The van der Waals surface area contributed by atoms with Gasteiger partial charge in [-0.25, -0.2) is 4.79 Å². The van der Waals surface area contributed by atoms with Gasteiger partial charge < -0.3 is 9.33 Å². The summed E-state index contributed by atoms with van der Waals surface area (Å²) < 4.78 is 6.07. The van der Waals surface area contributed by atoms with Crippen molar-refractivity contribution in [3.63, 3.8) is 0 Å². The number of hydrogen-bond acceptors (Lipinski definition) is 5. The maximum atomic E-state index is 11.7. The number of rotatable bonds is 7. The molecule has 0 unspecified atom stereocenters. The quantitative estimate of drug-likeness (QED) is 0.313. The molecular formula is C14H29NO4Si. The Kier molecular flexibility index (Phi) is 7.47. The second kappa shape index (κ2) is 7.80. The highest BCUT2D eigenvalue weighted by Gasteiger charge is 2.37. The monoisotopic (exact) mass is 303 g/mol. The van der Waals surface area contributed by atoms with E-state index in [1.165, 1.54) is 7.11 Å². The molecule has 5 nitrogen and oxygen atoms in total. The van der Waals surface area contributed by atoms with Crippen LogP contribution >= 0.6 is 0 Å². The van der Waals surface area contributed by atoms with Crippen LogP contribution in [0, 0.1) is 0 Å². The molecule has 0 radical (unpaired) electrons. The molecule has 0 fully saturated rings. The van der Waals surface area contributed by atoms with Crippen LogP contribution in [0.1, 0.15) is 27.2 Å². The molecule has 0 rings (SSSR count). The van der Waals surface area contributed by atoms with Crippen molar-refractivity contribution in [1.82, 2.24) is 4.90 Å². The van der Waals surface area contributed by atoms with Gasteiger partial charge in [0, 0.05) is 33.3 Å². The molecule has 0 N–H and O–H groups in total. The maximum Gasteiger partial charge on any atom is 0.370 e. The van der Waals surface area contributed by atoms with Crippen LogP contribution in [0.15, 0.2) is 11.8 Å². The Hall–Kier alpha value is -0.853. The fourth-order valence-corrected chi connectivity index (χ4v) is 2.34. The van der Waals surface area contributed by atoms with Crippen LogP contribution in [0.3, 0.4) is 0 Å². The van der Waals surface area contributed by atoms with Gasteiger partial charge in [-0.2, -0.15) is 4.89 Å². The zero-order valence-electron chi connectivity index (χ0n) is 14.1. The molecular weight excluding hydrogens is 274 g/mol. The minimum atomic E-state index is -1.79. The van der Waals surface area contributed by atoms with E-state index in [2.05, 4.69) is 43.6 Å². The Morgan fingerprint density at radius 2 is 1.80 bits per heavy atom. The second-order valence-corrected chi connectivity index (χ2v) is 11.3. The van der Waals surface area contributed by atoms with E-state index in [0.717, 1.165) is 0 Å². The average Bonchev–Trinajstić information content (AvgIpc) is 2.25. The zero-order valence-corrected chi connectivity index (χ0v) is 15.1. The molecule has 0 heterocycles. The van der Waals surface area contributed by atoms with E-state index in [1.54, 1.807) is 11.1 Å². The molecule has 0 atom stereocenters. The molecule has 0 spiro atoms. The number of hydrogen-bond donors (Lipinski definition) is 0. The number of nitrogens with zero attached hydrogens (tertiary/aromatic N) is 1. The van der Waals surface area contributed by atoms with Gasteiger partial charge in [-0.3, -0.25) is 4.89 Å². The topological polar surface area (TPSA) is 48.0 Å². The van der Waals surface area contributed by atoms with Gasteiger partial charge >= 0.3 is 5.97 Å². The molecule has 0 aromatic rings. The third-order valence-electron chi connectivity index (χ3n) is 3.48. The van der Waals surface area contributed by atoms with Crippen molar-refractivity contribution in [1.29, 1.82) is 0 Å². The molecule has 6 heteroatoms. The van der Waals surface area contributed by atoms with Crippen LogP contribution in [0.2, 0.25) is 18.1 Å². The molecule has 0 saturated carbocycles. The summed E-state index contributed by atoms with van der Waals surface area (Å²) in [6.45, 7) is 11.5. The van der Waals surface area contributed by atoms with Crippen LogP contribution in [0.25, 0.3) is 0 Å². The van der Waals surface area contributed by atoms with Gasteiger partial charge in [-0.15, -0.1) is 0 Å². The SMILES string of the molecule is COOC(=O)C(=CN(C)C)CCO[Si](C)(C)C(C)(C)C. The van der Waals surface area contributed by atoms with Gasteiger partial charge in [0.2, 0.25) is 0 Å². The lowest BCUT2D eigenvalue weighted by Crippen LogP contribution is -2.41. The first kappa shape index (κ1) is 19.1. The number of carbonyl (C=O) groups excluding carboxylic acids is 1. The van der Waals surface area contributed by atoms with E-state index < -0.39 is 14.3 Å². The summed E-state index contributed by atoms with van der Waals surface area (Å²) in [5, 5.41) is 0.158. The smallest absolute Gasteiger partial charge is 0.370 e. The largest absolute Gasteiger partial charge is 0.416 e. The van der Waals surface area contributed by atoms with Gasteiger partial charge in [0.15, 0.2) is 8.32 Å². The molecule has 0 aromatic heterocycles. The van der Waals surface area contributed by atoms with Gasteiger partial charge in [-0.1, -0.05) is 20.8 Å². The van der Waals surface area contributed by atoms with Crippen molar-refractivity contribution in [2.24, 2.45) is 0 Å². The van der Waals surface area contributed by atoms with Gasteiger partial charge in [-0.05, 0) is 18.1 Å². The highest BCUT2D eigenvalue weighted by Crippen LogP contribution is 2.36. The predicted octanol–water partition coefficient (Wildman–Crippen LogP) is 2.95. The Morgan fingerprint density at radius 1 is 1.25 bits per heavy atom. The molecule has 0 saturated heterocycles. The normalized spacial score (nSPS) is 13.3. The van der Waals surface area contributed by atoms with E-state index >= 15 is 0 Å². The van der Waals surface area contributed by atoms with E-state index in [9.17, 15) is 4.79 Å². The third kappa shape index (κ3) is 6.54. The third-order valence-corrected chi connectivity index (χ3v) is 8.01. The summed E-state index contributed by atoms with van der Waals surface area (Å²) in [5.74, 6) is -0.472. The van der Waals surface area contributed by atoms with E-state index in [-0.39, 0.29) is 5.04 Å². The lowest BCUT2D eigenvalue weighted by atomic mass is 10.2. The van der Waals surface area contributed by atoms with Crippen LogP contribution in [-0.2, 0) is 19.0 Å². The Morgan fingerprint density at radius 3 is 2.20 bits per heavy atom. The summed E-state index contributed by atoms with van der Waals surface area (Å²) in [6, 6.07) is 0. The first-order chi connectivity index (χ1) is 9.01. The first-order valence-electron chi connectivity index (χ1n) is 6.77. The van der Waals surface area contributed by atoms with Crippen molar-refractivity contribution in [3.05, 3.63) is 11.8 Å². The molecule has 0 bridgehead atoms. The zero-order chi connectivity index (χ0) is 16.0. The first-order valence-corrected chi connectivity index (χ1v) is 9.68. The van der Waals surface area contributed by atoms with E-state index in [4.69, 9.17) is 4.43 Å². The second-order valence-electron chi connectivity index (χ2n) is 6.51. The Bertz CT molecular complexity index is 346. The fraction of sp³-hybridized carbons (Fsp3) is 0.786. The summed E-state index contributed by atoms with van der Waals surface area (Å²) in [7, 11) is 3.24. The summed E-state index contributed by atoms with van der Waals surface area (Å²) >= 11 is 0. The van der Waals surface area contributed by atoms with Crippen LogP contribution in [0.5, 0.6) is 0 Å². The highest BCUT2D eigenvalue weighted by atomic mass is 28.4. The Balaban J connectivity index is 4.61. The van der Waals surface area contributed by atoms with Crippen LogP contribution in [0.4, 0.5) is 0 Å². The Labute approximate surface area is 123 Å². The van der Waals surface area contributed by atoms with Gasteiger partial charge in [0.25, 0.3) is 0 Å². The lowest BCUT2D eigenvalue weighted by Gasteiger charge is -2.36. The molecule has 0 aliphatic heterocycles. The van der Waals surface area contributed by atoms with Crippen molar-refractivity contribution >= 4 is 14.3 Å². The average molecular weight is 303 g/mol. The summed E-state index contributed by atoms with van der Waals surface area (Å²) in [4.78, 5) is 22.6. The van der Waals surface area contributed by atoms with E-state index in [0.29, 0.717) is 18.6 Å². The van der Waals surface area contributed by atoms with Crippen LogP contribution < -0.4 is 0 Å². The van der Waals surface area contributed by atoms with Crippen molar-refractivity contribution < 1.29 is 19.0 Å². The standard InChI is InChI=1S/C14H29NO4Si/c1-14(2,3)20(7,8)18-10-9-12(11-15(4)5)13(16)19-17-6/h11H,9-10H2,1-8H3.